The van der Waals surface area contributed by atoms with Gasteiger partial charge < -0.3 is 9.97 Å². The second-order valence-corrected chi connectivity index (χ2v) is 7.34. The topological polar surface area (TPSA) is 64.8 Å². The van der Waals surface area contributed by atoms with Crippen molar-refractivity contribution in [3.05, 3.63) is 28.4 Å². The molecule has 5 heteroatoms. The smallest absolute Gasteiger partial charge is 0.275 e. The van der Waals surface area contributed by atoms with Crippen LogP contribution in [-0.4, -0.2) is 32.9 Å². The predicted octanol–water partition coefficient (Wildman–Crippen LogP) is 3.93. The molecule has 1 aliphatic rings. The highest BCUT2D eigenvalue weighted by atomic mass is 16.1. The van der Waals surface area contributed by atoms with Crippen molar-refractivity contribution >= 4 is 11.0 Å². The Morgan fingerprint density at radius 3 is 2.79 bits per heavy atom. The second-order valence-electron chi connectivity index (χ2n) is 7.34. The van der Waals surface area contributed by atoms with Crippen LogP contribution in [0.1, 0.15) is 58.9 Å². The summed E-state index contributed by atoms with van der Waals surface area (Å²) in [6.45, 7) is 12.0. The van der Waals surface area contributed by atoms with E-state index < -0.39 is 0 Å². The van der Waals surface area contributed by atoms with E-state index in [1.807, 2.05) is 6.20 Å². The lowest BCUT2D eigenvalue weighted by Crippen LogP contribution is -2.20. The highest BCUT2D eigenvalue weighted by Gasteiger charge is 2.23. The number of hydrogen-bond donors (Lipinski definition) is 2. The average Bonchev–Trinajstić information content (AvgIpc) is 3.15. The molecule has 1 aliphatic heterocycles. The van der Waals surface area contributed by atoms with Crippen molar-refractivity contribution in [2.75, 3.05) is 13.1 Å². The van der Waals surface area contributed by atoms with Crippen molar-refractivity contribution in [1.29, 1.82) is 0 Å². The Balaban J connectivity index is 0.000000647. The molecule has 0 amide bonds. The zero-order valence-corrected chi connectivity index (χ0v) is 15.6. The molecule has 0 radical (unpaired) electrons. The standard InChI is InChI=1S/C16H24N4O.C3H8/c1-11(2)3-4-12-5-6-20(8-12)9-13-7-17-15-14(13)18-10-19-16(15)21;1-3-2/h7,10-12,17H,3-6,8-9H2,1-2H3,(H,18,19,21);3H2,1-2H3/t12-;/m1./s1. The van der Waals surface area contributed by atoms with Crippen LogP contribution in [0, 0.1) is 11.8 Å². The molecular weight excluding hydrogens is 300 g/mol. The van der Waals surface area contributed by atoms with Gasteiger partial charge in [-0.15, -0.1) is 0 Å². The molecule has 2 N–H and O–H groups in total. The molecule has 0 unspecified atom stereocenters. The van der Waals surface area contributed by atoms with Crippen LogP contribution in [0.15, 0.2) is 17.3 Å². The van der Waals surface area contributed by atoms with E-state index in [0.717, 1.165) is 36.0 Å². The van der Waals surface area contributed by atoms with E-state index in [-0.39, 0.29) is 5.56 Å². The van der Waals surface area contributed by atoms with Gasteiger partial charge in [0.2, 0.25) is 0 Å². The maximum Gasteiger partial charge on any atom is 0.275 e. The minimum Gasteiger partial charge on any atom is -0.355 e. The summed E-state index contributed by atoms with van der Waals surface area (Å²) in [5.41, 5.74) is 2.43. The summed E-state index contributed by atoms with van der Waals surface area (Å²) in [6.07, 6.45) is 8.61. The monoisotopic (exact) mass is 332 g/mol. The molecule has 0 aliphatic carbocycles. The van der Waals surface area contributed by atoms with Crippen molar-refractivity contribution < 1.29 is 0 Å². The van der Waals surface area contributed by atoms with Crippen LogP contribution in [0.4, 0.5) is 0 Å². The zero-order chi connectivity index (χ0) is 17.5. The molecule has 0 spiro atoms. The first-order valence-corrected chi connectivity index (χ1v) is 9.31. The predicted molar refractivity (Wildman–Crippen MR) is 100 cm³/mol. The number of rotatable bonds is 5. The summed E-state index contributed by atoms with van der Waals surface area (Å²) >= 11 is 0. The summed E-state index contributed by atoms with van der Waals surface area (Å²) in [4.78, 5) is 24.1. The van der Waals surface area contributed by atoms with E-state index in [4.69, 9.17) is 0 Å². The molecule has 24 heavy (non-hydrogen) atoms. The first-order valence-electron chi connectivity index (χ1n) is 9.31. The molecular formula is C19H32N4O. The Labute approximate surface area is 144 Å². The van der Waals surface area contributed by atoms with E-state index in [0.29, 0.717) is 5.52 Å². The van der Waals surface area contributed by atoms with Gasteiger partial charge in [-0.3, -0.25) is 9.69 Å². The van der Waals surface area contributed by atoms with Crippen LogP contribution in [0.5, 0.6) is 0 Å². The molecule has 1 saturated heterocycles. The fourth-order valence-corrected chi connectivity index (χ4v) is 3.23. The highest BCUT2D eigenvalue weighted by molar-refractivity contribution is 5.77. The SMILES string of the molecule is CC(C)CC[C@@H]1CCN(Cc2c[nH]c3c(=O)[nH]cnc23)C1.CCC. The highest BCUT2D eigenvalue weighted by Crippen LogP contribution is 2.25. The van der Waals surface area contributed by atoms with E-state index in [1.54, 1.807) is 0 Å². The number of hydrogen-bond acceptors (Lipinski definition) is 3. The number of likely N-dealkylation sites (tertiary alicyclic amines) is 1. The van der Waals surface area contributed by atoms with Crippen molar-refractivity contribution in [2.24, 2.45) is 11.8 Å². The maximum atomic E-state index is 11.7. The van der Waals surface area contributed by atoms with E-state index >= 15 is 0 Å². The number of aromatic amines is 2. The first kappa shape index (κ1) is 18.7. The van der Waals surface area contributed by atoms with E-state index in [1.165, 1.54) is 38.6 Å². The first-order chi connectivity index (χ1) is 11.5. The lowest BCUT2D eigenvalue weighted by atomic mass is 9.97. The van der Waals surface area contributed by atoms with Gasteiger partial charge in [0, 0.05) is 24.8 Å². The quantitative estimate of drug-likeness (QED) is 0.872. The maximum absolute atomic E-state index is 11.7. The largest absolute Gasteiger partial charge is 0.355 e. The van der Waals surface area contributed by atoms with Gasteiger partial charge in [-0.25, -0.2) is 4.98 Å². The van der Waals surface area contributed by atoms with Crippen LogP contribution in [0.3, 0.4) is 0 Å². The molecule has 5 nitrogen and oxygen atoms in total. The third-order valence-corrected chi connectivity index (χ3v) is 4.46. The van der Waals surface area contributed by atoms with Crippen molar-refractivity contribution in [3.8, 4) is 0 Å². The molecule has 1 atom stereocenters. The Bertz CT molecular complexity index is 673. The minimum absolute atomic E-state index is 0.0949. The summed E-state index contributed by atoms with van der Waals surface area (Å²) < 4.78 is 0. The molecule has 3 rings (SSSR count). The van der Waals surface area contributed by atoms with Crippen molar-refractivity contribution in [1.82, 2.24) is 19.9 Å². The molecule has 1 fully saturated rings. The Kier molecular flexibility index (Phi) is 7.03. The van der Waals surface area contributed by atoms with Gasteiger partial charge >= 0.3 is 0 Å². The van der Waals surface area contributed by atoms with Gasteiger partial charge in [0.05, 0.1) is 11.8 Å². The Hall–Kier alpha value is -1.62. The van der Waals surface area contributed by atoms with Gasteiger partial charge in [0.25, 0.3) is 5.56 Å². The van der Waals surface area contributed by atoms with Gasteiger partial charge in [-0.1, -0.05) is 40.5 Å². The van der Waals surface area contributed by atoms with Gasteiger partial charge in [-0.05, 0) is 31.2 Å². The van der Waals surface area contributed by atoms with Gasteiger partial charge in [0.15, 0.2) is 0 Å². The van der Waals surface area contributed by atoms with Crippen molar-refractivity contribution in [3.63, 3.8) is 0 Å². The number of nitrogens with zero attached hydrogens (tertiary/aromatic N) is 2. The normalized spacial score (nSPS) is 18.1. The number of H-pyrrole nitrogens is 2. The summed E-state index contributed by atoms with van der Waals surface area (Å²) in [7, 11) is 0. The zero-order valence-electron chi connectivity index (χ0n) is 15.6. The van der Waals surface area contributed by atoms with Gasteiger partial charge in [0.1, 0.15) is 5.52 Å². The number of nitrogens with one attached hydrogen (secondary N) is 2. The van der Waals surface area contributed by atoms with Crippen LogP contribution in [0.2, 0.25) is 0 Å². The van der Waals surface area contributed by atoms with Crippen molar-refractivity contribution in [2.45, 2.75) is 59.9 Å². The molecule has 0 aromatic carbocycles. The number of aromatic nitrogens is 3. The molecule has 0 saturated carbocycles. The third kappa shape index (κ3) is 4.94. The summed E-state index contributed by atoms with van der Waals surface area (Å²) in [5, 5.41) is 0. The number of fused-ring (bicyclic) bond motifs is 1. The van der Waals surface area contributed by atoms with Crippen LogP contribution < -0.4 is 5.56 Å². The summed E-state index contributed by atoms with van der Waals surface area (Å²) in [5.74, 6) is 1.62. The fraction of sp³-hybridized carbons (Fsp3) is 0.684. The Morgan fingerprint density at radius 1 is 1.33 bits per heavy atom. The van der Waals surface area contributed by atoms with E-state index in [9.17, 15) is 4.79 Å². The van der Waals surface area contributed by atoms with Crippen LogP contribution in [-0.2, 0) is 6.54 Å². The lowest BCUT2D eigenvalue weighted by Gasteiger charge is -2.15. The second kappa shape index (κ2) is 9.02. The molecule has 2 aromatic rings. The molecule has 0 bridgehead atoms. The fourth-order valence-electron chi connectivity index (χ4n) is 3.23. The van der Waals surface area contributed by atoms with Crippen LogP contribution in [0.25, 0.3) is 11.0 Å². The summed E-state index contributed by atoms with van der Waals surface area (Å²) in [6, 6.07) is 0. The molecule has 2 aromatic heterocycles. The van der Waals surface area contributed by atoms with Gasteiger partial charge in [-0.2, -0.15) is 0 Å². The lowest BCUT2D eigenvalue weighted by molar-refractivity contribution is 0.309. The Morgan fingerprint density at radius 2 is 2.08 bits per heavy atom. The minimum atomic E-state index is -0.0949. The molecule has 3 heterocycles. The average molecular weight is 332 g/mol. The van der Waals surface area contributed by atoms with E-state index in [2.05, 4.69) is 47.5 Å². The molecule has 134 valence electrons. The third-order valence-electron chi connectivity index (χ3n) is 4.46. The van der Waals surface area contributed by atoms with Crippen LogP contribution >= 0.6 is 0 Å².